The summed E-state index contributed by atoms with van der Waals surface area (Å²) in [6.45, 7) is 5.18. The number of ether oxygens (including phenoxy) is 1. The van der Waals surface area contributed by atoms with E-state index in [2.05, 4.69) is 10.2 Å². The number of benzene rings is 1. The summed E-state index contributed by atoms with van der Waals surface area (Å²) < 4.78 is 45.3. The number of hydrogen-bond acceptors (Lipinski definition) is 3. The Morgan fingerprint density at radius 2 is 1.83 bits per heavy atom. The number of alkyl halides is 3. The van der Waals surface area contributed by atoms with Crippen molar-refractivity contribution in [3.63, 3.8) is 0 Å². The highest BCUT2D eigenvalue weighted by atomic mass is 35.5. The van der Waals surface area contributed by atoms with Crippen molar-refractivity contribution in [1.82, 2.24) is 10.2 Å². The lowest BCUT2D eigenvalue weighted by Gasteiger charge is -2.36. The van der Waals surface area contributed by atoms with Crippen LogP contribution in [0.3, 0.4) is 0 Å². The molecule has 1 aromatic rings. The quantitative estimate of drug-likeness (QED) is 0.813. The summed E-state index contributed by atoms with van der Waals surface area (Å²) >= 11 is 0. The molecule has 1 aromatic carbocycles. The molecule has 1 heterocycles. The number of piperazine rings is 1. The average molecular weight is 389 g/mol. The van der Waals surface area contributed by atoms with Crippen LogP contribution < -0.4 is 10.1 Å². The fourth-order valence-electron chi connectivity index (χ4n) is 3.00. The summed E-state index contributed by atoms with van der Waals surface area (Å²) in [6, 6.07) is 4.11. The van der Waals surface area contributed by atoms with Crippen molar-refractivity contribution in [3.05, 3.63) is 29.3 Å². The Labute approximate surface area is 153 Å². The van der Waals surface area contributed by atoms with Gasteiger partial charge in [0.2, 0.25) is 0 Å². The van der Waals surface area contributed by atoms with E-state index in [4.69, 9.17) is 4.74 Å². The van der Waals surface area contributed by atoms with Crippen molar-refractivity contribution in [3.8, 4) is 5.75 Å². The van der Waals surface area contributed by atoms with Crippen LogP contribution in [0.15, 0.2) is 18.2 Å². The normalized spacial score (nSPS) is 16.7. The van der Waals surface area contributed by atoms with Gasteiger partial charge in [0.1, 0.15) is 5.75 Å². The van der Waals surface area contributed by atoms with Gasteiger partial charge < -0.3 is 10.1 Å². The minimum absolute atomic E-state index is 0. The number of methoxy groups -OCH3 is 1. The van der Waals surface area contributed by atoms with Crippen LogP contribution in [-0.2, 0) is 6.18 Å². The number of halogens is 5. The Kier molecular flexibility index (Phi) is 10.0. The van der Waals surface area contributed by atoms with Crippen molar-refractivity contribution >= 4 is 24.8 Å². The second kappa shape index (κ2) is 10.3. The molecule has 1 aliphatic rings. The molecule has 0 aliphatic carbocycles. The van der Waals surface area contributed by atoms with Gasteiger partial charge in [-0.1, -0.05) is 19.4 Å². The van der Waals surface area contributed by atoms with Gasteiger partial charge in [0.25, 0.3) is 0 Å². The fraction of sp³-hybridized carbons (Fsp3) is 0.625. The summed E-state index contributed by atoms with van der Waals surface area (Å²) in [7, 11) is 1.38. The first-order valence-electron chi connectivity index (χ1n) is 7.67. The van der Waals surface area contributed by atoms with E-state index in [1.54, 1.807) is 12.1 Å². The van der Waals surface area contributed by atoms with Gasteiger partial charge in [-0.2, -0.15) is 13.2 Å². The fourth-order valence-corrected chi connectivity index (χ4v) is 3.00. The first-order valence-corrected chi connectivity index (χ1v) is 7.67. The molecule has 0 spiro atoms. The maximum atomic E-state index is 13.4. The third kappa shape index (κ3) is 5.69. The molecule has 2 rings (SSSR count). The second-order valence-corrected chi connectivity index (χ2v) is 5.54. The lowest BCUT2D eigenvalue weighted by molar-refractivity contribution is -0.139. The summed E-state index contributed by atoms with van der Waals surface area (Å²) in [6.07, 6.45) is -2.81. The molecule has 8 heteroatoms. The predicted octanol–water partition coefficient (Wildman–Crippen LogP) is 4.30. The Morgan fingerprint density at radius 1 is 1.21 bits per heavy atom. The van der Waals surface area contributed by atoms with Gasteiger partial charge in [-0.25, -0.2) is 0 Å². The molecule has 1 fully saturated rings. The van der Waals surface area contributed by atoms with E-state index in [1.165, 1.54) is 7.11 Å². The molecular weight excluding hydrogens is 364 g/mol. The highest BCUT2D eigenvalue weighted by molar-refractivity contribution is 5.85. The second-order valence-electron chi connectivity index (χ2n) is 5.54. The minimum atomic E-state index is -4.37. The molecule has 24 heavy (non-hydrogen) atoms. The predicted molar refractivity (Wildman–Crippen MR) is 94.6 cm³/mol. The highest BCUT2D eigenvalue weighted by Gasteiger charge is 2.37. The van der Waals surface area contributed by atoms with Crippen molar-refractivity contribution < 1.29 is 17.9 Å². The smallest absolute Gasteiger partial charge is 0.416 e. The largest absolute Gasteiger partial charge is 0.497 e. The molecule has 1 saturated heterocycles. The topological polar surface area (TPSA) is 24.5 Å². The zero-order chi connectivity index (χ0) is 16.2. The molecule has 3 nitrogen and oxygen atoms in total. The lowest BCUT2D eigenvalue weighted by atomic mass is 9.94. The number of nitrogens with zero attached hydrogens (tertiary/aromatic N) is 1. The van der Waals surface area contributed by atoms with Gasteiger partial charge in [-0.15, -0.1) is 24.8 Å². The number of hydrogen-bond donors (Lipinski definition) is 1. The van der Waals surface area contributed by atoms with Gasteiger partial charge in [-0.3, -0.25) is 4.90 Å². The summed E-state index contributed by atoms with van der Waals surface area (Å²) in [5.41, 5.74) is -0.221. The third-order valence-corrected chi connectivity index (χ3v) is 4.08. The molecule has 0 saturated carbocycles. The zero-order valence-corrected chi connectivity index (χ0v) is 15.5. The molecule has 1 aliphatic heterocycles. The van der Waals surface area contributed by atoms with Gasteiger partial charge >= 0.3 is 6.18 Å². The number of rotatable bonds is 5. The minimum Gasteiger partial charge on any atom is -0.497 e. The maximum absolute atomic E-state index is 13.4. The van der Waals surface area contributed by atoms with Crippen LogP contribution >= 0.6 is 24.8 Å². The van der Waals surface area contributed by atoms with Gasteiger partial charge in [0, 0.05) is 32.2 Å². The van der Waals surface area contributed by atoms with Crippen LogP contribution in [0.4, 0.5) is 13.2 Å². The van der Waals surface area contributed by atoms with Crippen molar-refractivity contribution in [2.45, 2.75) is 32.0 Å². The Balaban J connectivity index is 0.00000264. The van der Waals surface area contributed by atoms with Crippen LogP contribution in [0.5, 0.6) is 5.75 Å². The SMILES string of the molecule is CCC[C@@H](c1ccc(OC)cc1C(F)(F)F)N1CCNCC1.Cl.Cl. The number of nitrogens with one attached hydrogen (secondary N) is 1. The van der Waals surface area contributed by atoms with Crippen molar-refractivity contribution in [1.29, 1.82) is 0 Å². The zero-order valence-electron chi connectivity index (χ0n) is 13.9. The van der Waals surface area contributed by atoms with E-state index < -0.39 is 11.7 Å². The average Bonchev–Trinajstić information content (AvgIpc) is 2.52. The van der Waals surface area contributed by atoms with Gasteiger partial charge in [-0.05, 0) is 24.1 Å². The molecule has 0 unspecified atom stereocenters. The van der Waals surface area contributed by atoms with Crippen LogP contribution in [0, 0.1) is 0 Å². The van der Waals surface area contributed by atoms with E-state index in [0.29, 0.717) is 5.56 Å². The standard InChI is InChI=1S/C16H23F3N2O.2ClH/c1-3-4-15(21-9-7-20-8-10-21)13-6-5-12(22-2)11-14(13)16(17,18)19;;/h5-6,11,15,20H,3-4,7-10H2,1-2H3;2*1H/t15-;;/m0../s1. The van der Waals surface area contributed by atoms with Crippen molar-refractivity contribution in [2.75, 3.05) is 33.3 Å². The molecule has 0 amide bonds. The Hall–Kier alpha value is -0.690. The van der Waals surface area contributed by atoms with E-state index in [0.717, 1.165) is 45.1 Å². The molecule has 0 aromatic heterocycles. The molecule has 1 N–H and O–H groups in total. The van der Waals surface area contributed by atoms with Crippen LogP contribution in [0.25, 0.3) is 0 Å². The molecule has 0 bridgehead atoms. The monoisotopic (exact) mass is 388 g/mol. The molecule has 1 atom stereocenters. The van der Waals surface area contributed by atoms with Crippen LogP contribution in [0.2, 0.25) is 0 Å². The Morgan fingerprint density at radius 3 is 2.33 bits per heavy atom. The van der Waals surface area contributed by atoms with Crippen LogP contribution in [0.1, 0.15) is 36.9 Å². The van der Waals surface area contributed by atoms with Crippen molar-refractivity contribution in [2.24, 2.45) is 0 Å². The first kappa shape index (κ1) is 23.3. The summed E-state index contributed by atoms with van der Waals surface area (Å²) in [4.78, 5) is 2.15. The maximum Gasteiger partial charge on any atom is 0.416 e. The lowest BCUT2D eigenvalue weighted by Crippen LogP contribution is -2.45. The first-order chi connectivity index (χ1) is 10.5. The summed E-state index contributed by atoms with van der Waals surface area (Å²) in [5, 5.41) is 3.24. The van der Waals surface area contributed by atoms with Gasteiger partial charge in [0.15, 0.2) is 0 Å². The van der Waals surface area contributed by atoms with E-state index in [9.17, 15) is 13.2 Å². The molecule has 140 valence electrons. The Bertz CT molecular complexity index is 495. The van der Waals surface area contributed by atoms with Crippen LogP contribution in [-0.4, -0.2) is 38.2 Å². The third-order valence-electron chi connectivity index (χ3n) is 4.08. The van der Waals surface area contributed by atoms with E-state index in [-0.39, 0.29) is 36.6 Å². The van der Waals surface area contributed by atoms with Gasteiger partial charge in [0.05, 0.1) is 12.7 Å². The molecular formula is C16H25Cl2F3N2O. The van der Waals surface area contributed by atoms with E-state index >= 15 is 0 Å². The summed E-state index contributed by atoms with van der Waals surface area (Å²) in [5.74, 6) is 0.242. The van der Waals surface area contributed by atoms with E-state index in [1.807, 2.05) is 6.92 Å². The molecule has 0 radical (unpaired) electrons. The highest BCUT2D eigenvalue weighted by Crippen LogP contribution is 2.39.